The molecule has 1 unspecified atom stereocenters. The molecule has 0 aromatic heterocycles. The normalized spacial score (nSPS) is 18.9. The zero-order chi connectivity index (χ0) is 12.3. The molecule has 0 spiro atoms. The van der Waals surface area contributed by atoms with Crippen LogP contribution in [0.3, 0.4) is 0 Å². The van der Waals surface area contributed by atoms with E-state index in [9.17, 15) is 4.79 Å². The molecule has 1 aliphatic heterocycles. The van der Waals surface area contributed by atoms with Gasteiger partial charge in [-0.15, -0.1) is 0 Å². The molecule has 1 aromatic carbocycles. The lowest BCUT2D eigenvalue weighted by Crippen LogP contribution is -2.31. The van der Waals surface area contributed by atoms with Gasteiger partial charge in [-0.25, -0.2) is 0 Å². The molecule has 0 bridgehead atoms. The topological polar surface area (TPSA) is 56.8 Å². The number of ether oxygens (including phenoxy) is 3. The molecular formula is C11H12ClNO4. The summed E-state index contributed by atoms with van der Waals surface area (Å²) in [5, 5.41) is 3.06. The number of hydrogen-bond acceptors (Lipinski definition) is 4. The molecule has 1 amide bonds. The number of benzene rings is 1. The molecule has 1 N–H and O–H groups in total. The summed E-state index contributed by atoms with van der Waals surface area (Å²) in [5.41, 5.74) is 0. The van der Waals surface area contributed by atoms with Gasteiger partial charge in [-0.1, -0.05) is 11.6 Å². The maximum Gasteiger partial charge on any atom is 0.248 e. The third-order valence-corrected chi connectivity index (χ3v) is 2.56. The maximum atomic E-state index is 10.9. The third kappa shape index (κ3) is 3.01. The van der Waals surface area contributed by atoms with Crippen LogP contribution in [-0.2, 0) is 9.53 Å². The van der Waals surface area contributed by atoms with E-state index >= 15 is 0 Å². The van der Waals surface area contributed by atoms with Crippen molar-refractivity contribution in [3.63, 3.8) is 0 Å². The van der Waals surface area contributed by atoms with Crippen LogP contribution in [0.4, 0.5) is 0 Å². The number of amides is 1. The van der Waals surface area contributed by atoms with Gasteiger partial charge in [0.2, 0.25) is 5.91 Å². The van der Waals surface area contributed by atoms with Crippen LogP contribution in [0.15, 0.2) is 18.2 Å². The molecule has 92 valence electrons. The quantitative estimate of drug-likeness (QED) is 0.881. The first kappa shape index (κ1) is 12.0. The number of nitrogens with one attached hydrogen (secondary N) is 1. The Hall–Kier alpha value is -1.46. The van der Waals surface area contributed by atoms with Gasteiger partial charge in [-0.05, 0) is 12.1 Å². The van der Waals surface area contributed by atoms with Gasteiger partial charge in [0.05, 0.1) is 12.1 Å². The highest BCUT2D eigenvalue weighted by atomic mass is 35.5. The second-order valence-corrected chi connectivity index (χ2v) is 3.88. The van der Waals surface area contributed by atoms with Gasteiger partial charge in [-0.3, -0.25) is 4.79 Å². The Morgan fingerprint density at radius 1 is 1.59 bits per heavy atom. The van der Waals surface area contributed by atoms with Crippen molar-refractivity contribution in [3.05, 3.63) is 23.2 Å². The van der Waals surface area contributed by atoms with Crippen molar-refractivity contribution in [1.82, 2.24) is 5.32 Å². The van der Waals surface area contributed by atoms with Crippen molar-refractivity contribution < 1.29 is 19.0 Å². The molecule has 1 aromatic rings. The van der Waals surface area contributed by atoms with Gasteiger partial charge in [-0.2, -0.15) is 0 Å². The third-order valence-electron chi connectivity index (χ3n) is 2.27. The SMILES string of the molecule is COc1ccc(OCC2NC(=O)CO2)c(Cl)c1. The molecule has 0 saturated carbocycles. The Morgan fingerprint density at radius 2 is 2.41 bits per heavy atom. The lowest BCUT2D eigenvalue weighted by molar-refractivity contribution is -0.119. The molecule has 0 radical (unpaired) electrons. The van der Waals surface area contributed by atoms with Crippen LogP contribution in [0.25, 0.3) is 0 Å². The van der Waals surface area contributed by atoms with E-state index in [1.807, 2.05) is 0 Å². The number of hydrogen-bond donors (Lipinski definition) is 1. The van der Waals surface area contributed by atoms with Crippen LogP contribution in [0.2, 0.25) is 5.02 Å². The average molecular weight is 258 g/mol. The van der Waals surface area contributed by atoms with Crippen LogP contribution in [0, 0.1) is 0 Å². The minimum Gasteiger partial charge on any atom is -0.497 e. The van der Waals surface area contributed by atoms with Crippen LogP contribution in [-0.4, -0.2) is 32.5 Å². The smallest absolute Gasteiger partial charge is 0.248 e. The molecule has 1 aliphatic rings. The van der Waals surface area contributed by atoms with Crippen molar-refractivity contribution in [2.75, 3.05) is 20.3 Å². The fourth-order valence-corrected chi connectivity index (χ4v) is 1.65. The monoisotopic (exact) mass is 257 g/mol. The fourth-order valence-electron chi connectivity index (χ4n) is 1.42. The van der Waals surface area contributed by atoms with E-state index in [4.69, 9.17) is 25.8 Å². The van der Waals surface area contributed by atoms with Crippen molar-refractivity contribution in [1.29, 1.82) is 0 Å². The summed E-state index contributed by atoms with van der Waals surface area (Å²) in [4.78, 5) is 10.9. The standard InChI is InChI=1S/C11H12ClNO4/c1-15-7-2-3-9(8(12)4-7)16-6-11-13-10(14)5-17-11/h2-4,11H,5-6H2,1H3,(H,13,14). The Kier molecular flexibility index (Phi) is 3.71. The van der Waals surface area contributed by atoms with Gasteiger partial charge in [0, 0.05) is 6.07 Å². The van der Waals surface area contributed by atoms with Crippen molar-refractivity contribution >= 4 is 17.5 Å². The molecular weight excluding hydrogens is 246 g/mol. The predicted molar refractivity (Wildman–Crippen MR) is 61.4 cm³/mol. The summed E-state index contributed by atoms with van der Waals surface area (Å²) in [6.45, 7) is 0.294. The summed E-state index contributed by atoms with van der Waals surface area (Å²) in [5.74, 6) is 1.05. The van der Waals surface area contributed by atoms with E-state index in [-0.39, 0.29) is 19.1 Å². The Bertz CT molecular complexity index is 424. The second-order valence-electron chi connectivity index (χ2n) is 3.47. The number of carbonyl (C=O) groups is 1. The Morgan fingerprint density at radius 3 is 3.00 bits per heavy atom. The van der Waals surface area contributed by atoms with E-state index in [2.05, 4.69) is 5.32 Å². The van der Waals surface area contributed by atoms with Gasteiger partial charge >= 0.3 is 0 Å². The first-order chi connectivity index (χ1) is 8.19. The molecule has 1 heterocycles. The Balaban J connectivity index is 1.92. The summed E-state index contributed by atoms with van der Waals surface area (Å²) in [7, 11) is 1.56. The van der Waals surface area contributed by atoms with Gasteiger partial charge in [0.25, 0.3) is 0 Å². The highest BCUT2D eigenvalue weighted by Crippen LogP contribution is 2.28. The highest BCUT2D eigenvalue weighted by molar-refractivity contribution is 6.32. The first-order valence-electron chi connectivity index (χ1n) is 5.06. The molecule has 2 rings (SSSR count). The molecule has 17 heavy (non-hydrogen) atoms. The summed E-state index contributed by atoms with van der Waals surface area (Å²) in [6, 6.07) is 5.11. The molecule has 1 saturated heterocycles. The minimum absolute atomic E-state index is 0.0738. The number of rotatable bonds is 4. The average Bonchev–Trinajstić information content (AvgIpc) is 2.73. The number of halogens is 1. The van der Waals surface area contributed by atoms with Gasteiger partial charge in [0.15, 0.2) is 6.23 Å². The maximum absolute atomic E-state index is 10.9. The summed E-state index contributed by atoms with van der Waals surface area (Å²) >= 11 is 5.99. The summed E-state index contributed by atoms with van der Waals surface area (Å²) in [6.07, 6.45) is -0.416. The molecule has 0 aliphatic carbocycles. The van der Waals surface area contributed by atoms with Crippen LogP contribution in [0.1, 0.15) is 0 Å². The minimum atomic E-state index is -0.416. The van der Waals surface area contributed by atoms with Gasteiger partial charge < -0.3 is 19.5 Å². The van der Waals surface area contributed by atoms with Crippen LogP contribution in [0.5, 0.6) is 11.5 Å². The first-order valence-corrected chi connectivity index (χ1v) is 5.44. The Labute approximate surface area is 104 Å². The van der Waals surface area contributed by atoms with E-state index in [0.29, 0.717) is 16.5 Å². The number of methoxy groups -OCH3 is 1. The molecule has 5 nitrogen and oxygen atoms in total. The van der Waals surface area contributed by atoms with Crippen molar-refractivity contribution in [2.24, 2.45) is 0 Å². The highest BCUT2D eigenvalue weighted by Gasteiger charge is 2.21. The molecule has 6 heteroatoms. The molecule has 1 atom stereocenters. The van der Waals surface area contributed by atoms with E-state index < -0.39 is 6.23 Å². The predicted octanol–water partition coefficient (Wildman–Crippen LogP) is 1.20. The van der Waals surface area contributed by atoms with Crippen molar-refractivity contribution in [3.8, 4) is 11.5 Å². The van der Waals surface area contributed by atoms with Gasteiger partial charge in [0.1, 0.15) is 24.7 Å². The summed E-state index contributed by atoms with van der Waals surface area (Å²) < 4.78 is 15.6. The van der Waals surface area contributed by atoms with Crippen LogP contribution < -0.4 is 14.8 Å². The molecule has 1 fully saturated rings. The van der Waals surface area contributed by atoms with Crippen LogP contribution >= 0.6 is 11.6 Å². The van der Waals surface area contributed by atoms with E-state index in [1.54, 1.807) is 25.3 Å². The largest absolute Gasteiger partial charge is 0.497 e. The lowest BCUT2D eigenvalue weighted by atomic mass is 10.3. The fraction of sp³-hybridized carbons (Fsp3) is 0.364. The van der Waals surface area contributed by atoms with Crippen molar-refractivity contribution in [2.45, 2.75) is 6.23 Å². The zero-order valence-corrected chi connectivity index (χ0v) is 9.99. The second kappa shape index (κ2) is 5.25. The van der Waals surface area contributed by atoms with E-state index in [0.717, 1.165) is 0 Å². The zero-order valence-electron chi connectivity index (χ0n) is 9.23. The lowest BCUT2D eigenvalue weighted by Gasteiger charge is -2.12. The van der Waals surface area contributed by atoms with E-state index in [1.165, 1.54) is 0 Å². The number of carbonyl (C=O) groups excluding carboxylic acids is 1.